The summed E-state index contributed by atoms with van der Waals surface area (Å²) in [6.07, 6.45) is 1.88. The van der Waals surface area contributed by atoms with Crippen LogP contribution in [0.15, 0.2) is 59.7 Å². The van der Waals surface area contributed by atoms with Crippen LogP contribution in [0.5, 0.6) is 0 Å². The lowest BCUT2D eigenvalue weighted by Gasteiger charge is -2.18. The van der Waals surface area contributed by atoms with Crippen LogP contribution in [-0.2, 0) is 4.79 Å². The Morgan fingerprint density at radius 1 is 1.21 bits per heavy atom. The number of nitrogens with zero attached hydrogens (tertiary/aromatic N) is 2. The van der Waals surface area contributed by atoms with Crippen LogP contribution in [-0.4, -0.2) is 15.5 Å². The lowest BCUT2D eigenvalue weighted by atomic mass is 10.1. The Kier molecular flexibility index (Phi) is 4.62. The third kappa shape index (κ3) is 3.03. The van der Waals surface area contributed by atoms with E-state index in [4.69, 9.17) is 11.6 Å². The highest BCUT2D eigenvalue weighted by Gasteiger charge is 2.21. The number of carbonyl (C=O) groups is 1. The van der Waals surface area contributed by atoms with Crippen molar-refractivity contribution in [2.24, 2.45) is 0 Å². The summed E-state index contributed by atoms with van der Waals surface area (Å²) >= 11 is 6.08. The molecule has 1 unspecified atom stereocenters. The van der Waals surface area contributed by atoms with Crippen LogP contribution < -0.4 is 10.9 Å². The molecule has 0 radical (unpaired) electrons. The second-order valence-electron chi connectivity index (χ2n) is 5.37. The highest BCUT2D eigenvalue weighted by atomic mass is 35.5. The summed E-state index contributed by atoms with van der Waals surface area (Å²) in [5.41, 5.74) is 0.895. The number of nitrogens with one attached hydrogen (secondary N) is 1. The quantitative estimate of drug-likeness (QED) is 0.788. The number of rotatable bonds is 4. The third-order valence-corrected chi connectivity index (χ3v) is 4.18. The predicted octanol–water partition coefficient (Wildman–Crippen LogP) is 3.64. The van der Waals surface area contributed by atoms with E-state index >= 15 is 0 Å². The van der Waals surface area contributed by atoms with Gasteiger partial charge in [0.05, 0.1) is 27.9 Å². The van der Waals surface area contributed by atoms with Gasteiger partial charge >= 0.3 is 0 Å². The van der Waals surface area contributed by atoms with Crippen LogP contribution in [0.25, 0.3) is 10.9 Å². The lowest BCUT2D eigenvalue weighted by Crippen LogP contribution is -2.33. The number of hydrogen-bond acceptors (Lipinski definition) is 3. The maximum Gasteiger partial charge on any atom is 0.261 e. The van der Waals surface area contributed by atoms with Gasteiger partial charge in [-0.1, -0.05) is 42.8 Å². The van der Waals surface area contributed by atoms with Crippen molar-refractivity contribution in [2.45, 2.75) is 19.4 Å². The summed E-state index contributed by atoms with van der Waals surface area (Å²) in [5.74, 6) is -0.301. The second-order valence-corrected chi connectivity index (χ2v) is 5.77. The zero-order valence-corrected chi connectivity index (χ0v) is 13.8. The minimum Gasteiger partial charge on any atom is -0.323 e. The van der Waals surface area contributed by atoms with E-state index in [0.717, 1.165) is 0 Å². The standard InChI is InChI=1S/C18H16ClN3O2/c1-2-16(17(23)21-15-10-6-4-8-13(15)19)22-11-20-14-9-5-3-7-12(14)18(22)24/h3-11,16H,2H2,1H3,(H,21,23). The van der Waals surface area contributed by atoms with Crippen molar-refractivity contribution in [3.8, 4) is 0 Å². The fraction of sp³-hybridized carbons (Fsp3) is 0.167. The highest BCUT2D eigenvalue weighted by molar-refractivity contribution is 6.33. The van der Waals surface area contributed by atoms with Crippen LogP contribution in [0.3, 0.4) is 0 Å². The van der Waals surface area contributed by atoms with Crippen LogP contribution in [0.4, 0.5) is 5.69 Å². The Balaban J connectivity index is 1.97. The SMILES string of the molecule is CCC(C(=O)Nc1ccccc1Cl)n1cnc2ccccc2c1=O. The number of benzene rings is 2. The summed E-state index contributed by atoms with van der Waals surface area (Å²) in [5, 5.41) is 3.72. The zero-order valence-electron chi connectivity index (χ0n) is 13.1. The molecule has 1 atom stereocenters. The van der Waals surface area contributed by atoms with Gasteiger partial charge < -0.3 is 5.32 Å². The maximum atomic E-state index is 12.7. The number of halogens is 1. The molecule has 3 rings (SSSR count). The molecule has 5 nitrogen and oxygen atoms in total. The third-order valence-electron chi connectivity index (χ3n) is 3.85. The van der Waals surface area contributed by atoms with Crippen molar-refractivity contribution in [3.05, 3.63) is 70.2 Å². The number of fused-ring (bicyclic) bond motifs is 1. The smallest absolute Gasteiger partial charge is 0.261 e. The largest absolute Gasteiger partial charge is 0.323 e. The van der Waals surface area contributed by atoms with Gasteiger partial charge in [0, 0.05) is 0 Å². The minimum absolute atomic E-state index is 0.234. The Bertz CT molecular complexity index is 952. The number of hydrogen-bond donors (Lipinski definition) is 1. The first-order valence-electron chi connectivity index (χ1n) is 7.63. The molecule has 0 spiro atoms. The predicted molar refractivity (Wildman–Crippen MR) is 95.4 cm³/mol. The Hall–Kier alpha value is -2.66. The van der Waals surface area contributed by atoms with Gasteiger partial charge in [-0.05, 0) is 30.7 Å². The molecule has 0 aliphatic carbocycles. The summed E-state index contributed by atoms with van der Waals surface area (Å²) in [7, 11) is 0. The first-order chi connectivity index (χ1) is 11.6. The molecule has 0 saturated heterocycles. The molecule has 1 amide bonds. The summed E-state index contributed by atoms with van der Waals surface area (Å²) in [6, 6.07) is 13.4. The van der Waals surface area contributed by atoms with Crippen molar-refractivity contribution in [2.75, 3.05) is 5.32 Å². The van der Waals surface area contributed by atoms with Gasteiger partial charge in [-0.25, -0.2) is 4.98 Å². The van der Waals surface area contributed by atoms with Gasteiger partial charge in [0.15, 0.2) is 0 Å². The van der Waals surface area contributed by atoms with Gasteiger partial charge in [-0.15, -0.1) is 0 Å². The molecule has 0 bridgehead atoms. The zero-order chi connectivity index (χ0) is 17.1. The molecule has 6 heteroatoms. The molecule has 122 valence electrons. The minimum atomic E-state index is -0.661. The van der Waals surface area contributed by atoms with Gasteiger partial charge in [0.1, 0.15) is 6.04 Å². The fourth-order valence-corrected chi connectivity index (χ4v) is 2.78. The monoisotopic (exact) mass is 341 g/mol. The number of aromatic nitrogens is 2. The van der Waals surface area contributed by atoms with Gasteiger partial charge in [0.2, 0.25) is 5.91 Å². The van der Waals surface area contributed by atoms with Crippen LogP contribution in [0, 0.1) is 0 Å². The van der Waals surface area contributed by atoms with E-state index in [1.54, 1.807) is 42.5 Å². The summed E-state index contributed by atoms with van der Waals surface area (Å²) < 4.78 is 1.37. The molecular weight excluding hydrogens is 326 g/mol. The molecule has 0 fully saturated rings. The highest BCUT2D eigenvalue weighted by Crippen LogP contribution is 2.22. The Morgan fingerprint density at radius 3 is 2.67 bits per heavy atom. The van der Waals surface area contributed by atoms with E-state index in [9.17, 15) is 9.59 Å². The number of anilines is 1. The van der Waals surface area contributed by atoms with E-state index in [1.165, 1.54) is 10.9 Å². The normalized spacial score (nSPS) is 12.1. The molecule has 1 aromatic heterocycles. The number of para-hydroxylation sites is 2. The molecule has 0 saturated carbocycles. The number of carbonyl (C=O) groups excluding carboxylic acids is 1. The molecule has 0 aliphatic heterocycles. The summed E-state index contributed by atoms with van der Waals surface area (Å²) in [4.78, 5) is 29.6. The lowest BCUT2D eigenvalue weighted by molar-refractivity contribution is -0.119. The average molecular weight is 342 g/mol. The first kappa shape index (κ1) is 16.2. The molecule has 1 N–H and O–H groups in total. The van der Waals surface area contributed by atoms with E-state index < -0.39 is 6.04 Å². The molecule has 2 aromatic carbocycles. The average Bonchev–Trinajstić information content (AvgIpc) is 2.60. The Morgan fingerprint density at radius 2 is 1.92 bits per heavy atom. The van der Waals surface area contributed by atoms with Crippen LogP contribution in [0.1, 0.15) is 19.4 Å². The van der Waals surface area contributed by atoms with E-state index in [2.05, 4.69) is 10.3 Å². The van der Waals surface area contributed by atoms with E-state index in [1.807, 2.05) is 13.0 Å². The molecule has 3 aromatic rings. The molecule has 1 heterocycles. The van der Waals surface area contributed by atoms with Crippen LogP contribution >= 0.6 is 11.6 Å². The second kappa shape index (κ2) is 6.84. The Labute approximate surface area is 143 Å². The maximum absolute atomic E-state index is 12.7. The fourth-order valence-electron chi connectivity index (χ4n) is 2.59. The van der Waals surface area contributed by atoms with Crippen molar-refractivity contribution in [1.82, 2.24) is 9.55 Å². The van der Waals surface area contributed by atoms with Crippen molar-refractivity contribution in [3.63, 3.8) is 0 Å². The van der Waals surface area contributed by atoms with Crippen LogP contribution in [0.2, 0.25) is 5.02 Å². The van der Waals surface area contributed by atoms with E-state index in [0.29, 0.717) is 28.0 Å². The number of amides is 1. The molecule has 24 heavy (non-hydrogen) atoms. The van der Waals surface area contributed by atoms with Crippen molar-refractivity contribution >= 4 is 34.1 Å². The van der Waals surface area contributed by atoms with Crippen molar-refractivity contribution < 1.29 is 4.79 Å². The van der Waals surface area contributed by atoms with Gasteiger partial charge in [0.25, 0.3) is 5.56 Å². The van der Waals surface area contributed by atoms with Gasteiger partial charge in [-0.2, -0.15) is 0 Å². The molecule has 0 aliphatic rings. The molecular formula is C18H16ClN3O2. The topological polar surface area (TPSA) is 64.0 Å². The first-order valence-corrected chi connectivity index (χ1v) is 8.01. The van der Waals surface area contributed by atoms with Gasteiger partial charge in [-0.3, -0.25) is 14.2 Å². The van der Waals surface area contributed by atoms with Crippen molar-refractivity contribution in [1.29, 1.82) is 0 Å². The summed E-state index contributed by atoms with van der Waals surface area (Å²) in [6.45, 7) is 1.85. The van der Waals surface area contributed by atoms with E-state index in [-0.39, 0.29) is 11.5 Å².